The predicted octanol–water partition coefficient (Wildman–Crippen LogP) is 4.24. The molecule has 2 N–H and O–H groups in total. The number of halogens is 2. The molecular weight excluding hydrogens is 496 g/mol. The average Bonchev–Trinajstić information content (AvgIpc) is 2.69. The second-order valence-electron chi connectivity index (χ2n) is 5.34. The van der Waals surface area contributed by atoms with Crippen molar-refractivity contribution in [2.75, 3.05) is 19.8 Å². The van der Waals surface area contributed by atoms with Crippen LogP contribution < -0.4 is 19.6 Å². The normalized spacial score (nSPS) is 10.7. The molecular formula is C19H20Br2N2O5. The SMILES string of the molecule is CCOc1ccccc1OCC(=O)N/N=C\c1cc(OCC)c(O)c(Br)c1Br. The molecule has 0 saturated carbocycles. The number of hydrogen-bond acceptors (Lipinski definition) is 6. The fraction of sp³-hybridized carbons (Fsp3) is 0.263. The molecule has 0 unspecified atom stereocenters. The van der Waals surface area contributed by atoms with Gasteiger partial charge in [0.1, 0.15) is 0 Å². The second kappa shape index (κ2) is 10.9. The van der Waals surface area contributed by atoms with Crippen LogP contribution in [0.1, 0.15) is 19.4 Å². The molecule has 2 rings (SSSR count). The Hall–Kier alpha value is -2.26. The molecule has 0 radical (unpaired) electrons. The van der Waals surface area contributed by atoms with E-state index in [1.54, 1.807) is 24.3 Å². The maximum atomic E-state index is 12.0. The Morgan fingerprint density at radius 3 is 2.32 bits per heavy atom. The fourth-order valence-corrected chi connectivity index (χ4v) is 2.99. The summed E-state index contributed by atoms with van der Waals surface area (Å²) in [5.41, 5.74) is 3.00. The minimum Gasteiger partial charge on any atom is -0.503 e. The molecule has 0 aliphatic carbocycles. The summed E-state index contributed by atoms with van der Waals surface area (Å²) in [5, 5.41) is 14.0. The number of ether oxygens (including phenoxy) is 3. The van der Waals surface area contributed by atoms with Crippen molar-refractivity contribution < 1.29 is 24.1 Å². The minimum absolute atomic E-state index is 0.0173. The molecule has 7 nitrogen and oxygen atoms in total. The summed E-state index contributed by atoms with van der Waals surface area (Å²) in [5.74, 6) is 0.914. The van der Waals surface area contributed by atoms with E-state index in [1.807, 2.05) is 19.9 Å². The van der Waals surface area contributed by atoms with Gasteiger partial charge in [-0.15, -0.1) is 0 Å². The molecule has 0 spiro atoms. The lowest BCUT2D eigenvalue weighted by Crippen LogP contribution is -2.24. The number of carbonyl (C=O) groups is 1. The van der Waals surface area contributed by atoms with Crippen molar-refractivity contribution in [1.82, 2.24) is 5.43 Å². The van der Waals surface area contributed by atoms with E-state index in [0.29, 0.717) is 45.0 Å². The maximum absolute atomic E-state index is 12.0. The molecule has 150 valence electrons. The first-order valence-electron chi connectivity index (χ1n) is 8.48. The van der Waals surface area contributed by atoms with Gasteiger partial charge in [0.2, 0.25) is 0 Å². The molecule has 0 heterocycles. The molecule has 0 fully saturated rings. The molecule has 0 aromatic heterocycles. The first kappa shape index (κ1) is 22.0. The predicted molar refractivity (Wildman–Crippen MR) is 114 cm³/mol. The summed E-state index contributed by atoms with van der Waals surface area (Å²) < 4.78 is 17.3. The highest BCUT2D eigenvalue weighted by molar-refractivity contribution is 9.13. The standard InChI is InChI=1S/C19H20Br2N2O5/c1-3-26-13-7-5-6-8-14(13)28-11-16(24)23-22-10-12-9-15(27-4-2)19(25)18(21)17(12)20/h5-10,25H,3-4,11H2,1-2H3,(H,23,24)/b22-10-. The molecule has 2 aromatic carbocycles. The van der Waals surface area contributed by atoms with Crippen LogP contribution in [0.4, 0.5) is 0 Å². The first-order chi connectivity index (χ1) is 13.5. The molecule has 1 amide bonds. The molecule has 9 heteroatoms. The number of nitrogens with zero attached hydrogens (tertiary/aromatic N) is 1. The zero-order valence-electron chi connectivity index (χ0n) is 15.4. The summed E-state index contributed by atoms with van der Waals surface area (Å²) >= 11 is 6.65. The lowest BCUT2D eigenvalue weighted by Gasteiger charge is -2.11. The number of rotatable bonds is 9. The van der Waals surface area contributed by atoms with Crippen molar-refractivity contribution >= 4 is 44.0 Å². The van der Waals surface area contributed by atoms with E-state index in [1.165, 1.54) is 6.21 Å². The summed E-state index contributed by atoms with van der Waals surface area (Å²) in [6.45, 7) is 4.36. The zero-order valence-corrected chi connectivity index (χ0v) is 18.5. The number of nitrogens with one attached hydrogen (secondary N) is 1. The lowest BCUT2D eigenvalue weighted by atomic mass is 10.2. The van der Waals surface area contributed by atoms with Crippen LogP contribution in [-0.2, 0) is 4.79 Å². The van der Waals surface area contributed by atoms with Crippen molar-refractivity contribution in [3.8, 4) is 23.0 Å². The zero-order chi connectivity index (χ0) is 20.5. The minimum atomic E-state index is -0.429. The first-order valence-corrected chi connectivity index (χ1v) is 10.1. The molecule has 28 heavy (non-hydrogen) atoms. The van der Waals surface area contributed by atoms with E-state index >= 15 is 0 Å². The van der Waals surface area contributed by atoms with Gasteiger partial charge in [-0.05, 0) is 63.9 Å². The van der Waals surface area contributed by atoms with E-state index < -0.39 is 5.91 Å². The molecule has 0 aliphatic rings. The molecule has 0 bridgehead atoms. The van der Waals surface area contributed by atoms with Crippen LogP contribution in [-0.4, -0.2) is 37.0 Å². The summed E-state index contributed by atoms with van der Waals surface area (Å²) in [7, 11) is 0. The Morgan fingerprint density at radius 1 is 1.07 bits per heavy atom. The van der Waals surface area contributed by atoms with Crippen LogP contribution >= 0.6 is 31.9 Å². The Balaban J connectivity index is 1.99. The van der Waals surface area contributed by atoms with Gasteiger partial charge >= 0.3 is 0 Å². The van der Waals surface area contributed by atoms with Crippen molar-refractivity contribution in [1.29, 1.82) is 0 Å². The summed E-state index contributed by atoms with van der Waals surface area (Å²) in [6, 6.07) is 8.72. The van der Waals surface area contributed by atoms with Gasteiger partial charge in [-0.3, -0.25) is 4.79 Å². The number of phenolic OH excluding ortho intramolecular Hbond substituents is 1. The number of carbonyl (C=O) groups excluding carboxylic acids is 1. The quantitative estimate of drug-likeness (QED) is 0.385. The smallest absolute Gasteiger partial charge is 0.277 e. The van der Waals surface area contributed by atoms with E-state index in [2.05, 4.69) is 42.4 Å². The average molecular weight is 516 g/mol. The second-order valence-corrected chi connectivity index (χ2v) is 6.92. The number of hydrogen-bond donors (Lipinski definition) is 2. The lowest BCUT2D eigenvalue weighted by molar-refractivity contribution is -0.123. The highest BCUT2D eigenvalue weighted by atomic mass is 79.9. The van der Waals surface area contributed by atoms with E-state index in [-0.39, 0.29) is 12.4 Å². The van der Waals surface area contributed by atoms with E-state index in [4.69, 9.17) is 14.2 Å². The molecule has 0 saturated heterocycles. The van der Waals surface area contributed by atoms with Gasteiger partial charge in [0.25, 0.3) is 5.91 Å². The number of amides is 1. The van der Waals surface area contributed by atoms with Crippen LogP contribution in [0, 0.1) is 0 Å². The van der Waals surface area contributed by atoms with Gasteiger partial charge < -0.3 is 19.3 Å². The van der Waals surface area contributed by atoms with Crippen molar-refractivity contribution in [2.24, 2.45) is 5.10 Å². The Morgan fingerprint density at radius 2 is 1.68 bits per heavy atom. The monoisotopic (exact) mass is 514 g/mol. The van der Waals surface area contributed by atoms with E-state index in [0.717, 1.165) is 0 Å². The Bertz CT molecular complexity index is 858. The number of hydrazone groups is 1. The third-order valence-electron chi connectivity index (χ3n) is 3.37. The fourth-order valence-electron chi connectivity index (χ4n) is 2.16. The van der Waals surface area contributed by atoms with Gasteiger partial charge in [0, 0.05) is 10.0 Å². The number of para-hydroxylation sites is 2. The van der Waals surface area contributed by atoms with Crippen molar-refractivity contribution in [2.45, 2.75) is 13.8 Å². The summed E-state index contributed by atoms with van der Waals surface area (Å²) in [4.78, 5) is 12.0. The molecule has 0 atom stereocenters. The highest BCUT2D eigenvalue weighted by Gasteiger charge is 2.14. The van der Waals surface area contributed by atoms with Crippen LogP contribution in [0.25, 0.3) is 0 Å². The Labute approximate surface area is 179 Å². The van der Waals surface area contributed by atoms with Gasteiger partial charge in [-0.1, -0.05) is 12.1 Å². The third kappa shape index (κ3) is 5.87. The number of aromatic hydroxyl groups is 1. The van der Waals surface area contributed by atoms with Gasteiger partial charge in [0.05, 0.1) is 23.9 Å². The number of phenols is 1. The summed E-state index contributed by atoms with van der Waals surface area (Å²) in [6.07, 6.45) is 1.43. The van der Waals surface area contributed by atoms with Crippen molar-refractivity contribution in [3.05, 3.63) is 44.8 Å². The third-order valence-corrected chi connectivity index (χ3v) is 5.53. The maximum Gasteiger partial charge on any atom is 0.277 e. The number of benzene rings is 2. The van der Waals surface area contributed by atoms with Gasteiger partial charge in [-0.2, -0.15) is 5.10 Å². The molecule has 0 aliphatic heterocycles. The van der Waals surface area contributed by atoms with Gasteiger partial charge in [-0.25, -0.2) is 5.43 Å². The van der Waals surface area contributed by atoms with Crippen LogP contribution in [0.2, 0.25) is 0 Å². The van der Waals surface area contributed by atoms with Crippen LogP contribution in [0.5, 0.6) is 23.0 Å². The largest absolute Gasteiger partial charge is 0.503 e. The van der Waals surface area contributed by atoms with Crippen LogP contribution in [0.3, 0.4) is 0 Å². The molecule has 2 aromatic rings. The topological polar surface area (TPSA) is 89.4 Å². The van der Waals surface area contributed by atoms with Crippen molar-refractivity contribution in [3.63, 3.8) is 0 Å². The van der Waals surface area contributed by atoms with Crippen LogP contribution in [0.15, 0.2) is 44.4 Å². The highest BCUT2D eigenvalue weighted by Crippen LogP contribution is 2.41. The Kier molecular flexibility index (Phi) is 8.59. The van der Waals surface area contributed by atoms with Gasteiger partial charge in [0.15, 0.2) is 29.6 Å². The van der Waals surface area contributed by atoms with E-state index in [9.17, 15) is 9.90 Å².